The molecule has 0 radical (unpaired) electrons. The predicted octanol–water partition coefficient (Wildman–Crippen LogP) is 2.04. The first-order valence-electron chi connectivity index (χ1n) is 10.7. The quantitative estimate of drug-likeness (QED) is 0.283. The molecular weight excluding hydrogens is 473 g/mol. The summed E-state index contributed by atoms with van der Waals surface area (Å²) in [7, 11) is -0.920. The smallest absolute Gasteiger partial charge is 0.291 e. The van der Waals surface area contributed by atoms with E-state index in [4.69, 9.17) is 0 Å². The minimum absolute atomic E-state index is 0.00934. The summed E-state index contributed by atoms with van der Waals surface area (Å²) in [6.45, 7) is 0.0632. The van der Waals surface area contributed by atoms with Crippen LogP contribution in [0.15, 0.2) is 78.0 Å². The third-order valence-electron chi connectivity index (χ3n) is 5.94. The van der Waals surface area contributed by atoms with Gasteiger partial charge in [0.1, 0.15) is 11.7 Å². The fraction of sp³-hybridized carbons (Fsp3) is 0.200. The van der Waals surface area contributed by atoms with Gasteiger partial charge in [-0.2, -0.15) is 0 Å². The van der Waals surface area contributed by atoms with Crippen molar-refractivity contribution in [1.82, 2.24) is 9.21 Å². The SMILES string of the molecule is CN(C)S(=O)(=O)c1ccc(C(=O)C2C(=O)C(=O)N(Cc3ccc[nH+]c3)C2c2ccc(F)cc2)cc1. The van der Waals surface area contributed by atoms with Crippen LogP contribution in [-0.2, 0) is 26.2 Å². The first kappa shape index (κ1) is 24.4. The Bertz CT molecular complexity index is 1370. The van der Waals surface area contributed by atoms with Crippen LogP contribution in [-0.4, -0.2) is 49.2 Å². The van der Waals surface area contributed by atoms with E-state index in [1.807, 2.05) is 0 Å². The second-order valence-corrected chi connectivity index (χ2v) is 10.5. The number of hydrogen-bond acceptors (Lipinski definition) is 5. The number of Topliss-reactive ketones (excluding diaryl/α,β-unsaturated/α-hetero) is 2. The normalized spacial score (nSPS) is 18.3. The molecule has 2 aromatic carbocycles. The van der Waals surface area contributed by atoms with Gasteiger partial charge in [0.15, 0.2) is 18.2 Å². The van der Waals surface area contributed by atoms with Crippen molar-refractivity contribution in [2.45, 2.75) is 17.5 Å². The lowest BCUT2D eigenvalue weighted by molar-refractivity contribution is -0.378. The molecule has 0 aliphatic carbocycles. The number of likely N-dealkylation sites (tertiary alicyclic amines) is 1. The van der Waals surface area contributed by atoms with E-state index >= 15 is 0 Å². The molecule has 1 amide bonds. The molecule has 2 unspecified atom stereocenters. The highest BCUT2D eigenvalue weighted by Gasteiger charge is 2.51. The van der Waals surface area contributed by atoms with Crippen LogP contribution in [0.5, 0.6) is 0 Å². The maximum atomic E-state index is 13.6. The van der Waals surface area contributed by atoms with E-state index in [0.717, 1.165) is 4.31 Å². The second-order valence-electron chi connectivity index (χ2n) is 8.36. The number of pyridine rings is 1. The fourth-order valence-corrected chi connectivity index (χ4v) is 5.00. The van der Waals surface area contributed by atoms with Gasteiger partial charge in [-0.3, -0.25) is 14.4 Å². The first-order valence-corrected chi connectivity index (χ1v) is 12.2. The van der Waals surface area contributed by atoms with Crippen LogP contribution in [0.1, 0.15) is 27.5 Å². The van der Waals surface area contributed by atoms with Crippen LogP contribution in [0.3, 0.4) is 0 Å². The third-order valence-corrected chi connectivity index (χ3v) is 7.77. The molecule has 35 heavy (non-hydrogen) atoms. The van der Waals surface area contributed by atoms with E-state index in [-0.39, 0.29) is 17.0 Å². The predicted molar refractivity (Wildman–Crippen MR) is 123 cm³/mol. The average Bonchev–Trinajstić information content (AvgIpc) is 3.09. The molecule has 8 nitrogen and oxygen atoms in total. The molecule has 1 fully saturated rings. The van der Waals surface area contributed by atoms with Crippen LogP contribution in [0.25, 0.3) is 0 Å². The van der Waals surface area contributed by atoms with Gasteiger partial charge in [0.05, 0.1) is 17.5 Å². The van der Waals surface area contributed by atoms with Gasteiger partial charge in [-0.15, -0.1) is 0 Å². The Morgan fingerprint density at radius 2 is 1.69 bits per heavy atom. The first-order chi connectivity index (χ1) is 16.6. The average molecular weight is 497 g/mol. The minimum atomic E-state index is -3.70. The van der Waals surface area contributed by atoms with E-state index < -0.39 is 45.3 Å². The summed E-state index contributed by atoms with van der Waals surface area (Å²) in [6, 6.07) is 13.1. The lowest BCUT2D eigenvalue weighted by Gasteiger charge is -2.27. The van der Waals surface area contributed by atoms with E-state index in [1.54, 1.807) is 24.5 Å². The molecule has 1 aliphatic rings. The van der Waals surface area contributed by atoms with Gasteiger partial charge in [0.2, 0.25) is 15.8 Å². The molecule has 1 aliphatic heterocycles. The number of sulfonamides is 1. The zero-order valence-corrected chi connectivity index (χ0v) is 19.8. The van der Waals surface area contributed by atoms with Crippen molar-refractivity contribution in [1.29, 1.82) is 0 Å². The van der Waals surface area contributed by atoms with Crippen molar-refractivity contribution in [2.75, 3.05) is 14.1 Å². The Morgan fingerprint density at radius 3 is 2.26 bits per heavy atom. The van der Waals surface area contributed by atoms with Crippen molar-refractivity contribution >= 4 is 27.5 Å². The summed E-state index contributed by atoms with van der Waals surface area (Å²) in [5, 5.41) is 0. The highest BCUT2D eigenvalue weighted by molar-refractivity contribution is 7.89. The number of nitrogens with one attached hydrogen (secondary N) is 1. The maximum absolute atomic E-state index is 13.6. The van der Waals surface area contributed by atoms with Gasteiger partial charge in [-0.1, -0.05) is 24.3 Å². The molecule has 1 N–H and O–H groups in total. The molecule has 0 bridgehead atoms. The fourth-order valence-electron chi connectivity index (χ4n) is 4.10. The number of nitrogens with zero attached hydrogens (tertiary/aromatic N) is 2. The summed E-state index contributed by atoms with van der Waals surface area (Å²) >= 11 is 0. The van der Waals surface area contributed by atoms with E-state index in [1.165, 1.54) is 67.5 Å². The van der Waals surface area contributed by atoms with Crippen molar-refractivity contribution in [2.24, 2.45) is 5.92 Å². The Kier molecular flexibility index (Phi) is 6.60. The molecule has 2 atom stereocenters. The highest BCUT2D eigenvalue weighted by Crippen LogP contribution is 2.39. The number of benzene rings is 2. The lowest BCUT2D eigenvalue weighted by Crippen LogP contribution is -2.30. The number of hydrogen-bond donors (Lipinski definition) is 0. The van der Waals surface area contributed by atoms with Gasteiger partial charge < -0.3 is 4.90 Å². The molecular formula is C25H23FN3O5S+. The zero-order valence-electron chi connectivity index (χ0n) is 19.0. The topological polar surface area (TPSA) is 106 Å². The maximum Gasteiger partial charge on any atom is 0.291 e. The number of carbonyl (C=O) groups is 3. The Morgan fingerprint density at radius 1 is 1.03 bits per heavy atom. The van der Waals surface area contributed by atoms with E-state index in [0.29, 0.717) is 11.1 Å². The van der Waals surface area contributed by atoms with Crippen LogP contribution in [0, 0.1) is 11.7 Å². The Hall–Kier alpha value is -3.76. The molecule has 3 aromatic rings. The summed E-state index contributed by atoms with van der Waals surface area (Å²) in [4.78, 5) is 43.8. The largest absolute Gasteiger partial charge is 0.323 e. The van der Waals surface area contributed by atoms with Gasteiger partial charge in [-0.25, -0.2) is 22.1 Å². The number of amides is 1. The van der Waals surface area contributed by atoms with E-state index in [2.05, 4.69) is 4.98 Å². The van der Waals surface area contributed by atoms with Gasteiger partial charge in [0, 0.05) is 31.3 Å². The number of halogens is 1. The molecule has 2 heterocycles. The van der Waals surface area contributed by atoms with Crippen molar-refractivity contribution in [3.63, 3.8) is 0 Å². The Balaban J connectivity index is 1.74. The number of aromatic nitrogens is 1. The molecule has 0 saturated carbocycles. The summed E-state index contributed by atoms with van der Waals surface area (Å²) < 4.78 is 39.4. The number of ketones is 2. The zero-order chi connectivity index (χ0) is 25.3. The second kappa shape index (κ2) is 9.47. The molecule has 10 heteroatoms. The standard InChI is InChI=1S/C25H22FN3O5S/c1-28(2)35(33,34)20-11-7-18(8-12-20)23(30)21-22(17-5-9-19(26)10-6-17)29(25(32)24(21)31)15-16-4-3-13-27-14-16/h3-14,21-22H,15H2,1-2H3/p+1. The number of H-pyrrole nitrogens is 1. The van der Waals surface area contributed by atoms with Crippen LogP contribution in [0.2, 0.25) is 0 Å². The summed E-state index contributed by atoms with van der Waals surface area (Å²) in [5.41, 5.74) is 1.25. The van der Waals surface area contributed by atoms with Gasteiger partial charge in [-0.05, 0) is 35.9 Å². The molecule has 4 rings (SSSR count). The van der Waals surface area contributed by atoms with Crippen LogP contribution >= 0.6 is 0 Å². The third kappa shape index (κ3) is 4.62. The minimum Gasteiger partial charge on any atom is -0.323 e. The highest BCUT2D eigenvalue weighted by atomic mass is 32.2. The Labute approximate surface area is 202 Å². The van der Waals surface area contributed by atoms with Crippen LogP contribution in [0.4, 0.5) is 4.39 Å². The number of aromatic amines is 1. The molecule has 1 aromatic heterocycles. The summed E-state index contributed by atoms with van der Waals surface area (Å²) in [5.74, 6) is -4.15. The number of rotatable bonds is 7. The molecule has 1 saturated heterocycles. The summed E-state index contributed by atoms with van der Waals surface area (Å²) in [6.07, 6.45) is 3.38. The van der Waals surface area contributed by atoms with Gasteiger partial charge >= 0.3 is 0 Å². The van der Waals surface area contributed by atoms with Crippen molar-refractivity contribution in [3.8, 4) is 0 Å². The monoisotopic (exact) mass is 496 g/mol. The van der Waals surface area contributed by atoms with E-state index in [9.17, 15) is 27.2 Å². The number of carbonyl (C=O) groups excluding carboxylic acids is 3. The molecule has 180 valence electrons. The van der Waals surface area contributed by atoms with Gasteiger partial charge in [0.25, 0.3) is 5.91 Å². The lowest BCUT2D eigenvalue weighted by atomic mass is 9.86. The van der Waals surface area contributed by atoms with Crippen molar-refractivity contribution < 1.29 is 32.2 Å². The van der Waals surface area contributed by atoms with Crippen LogP contribution < -0.4 is 4.98 Å². The van der Waals surface area contributed by atoms with Crippen molar-refractivity contribution in [3.05, 3.63) is 95.6 Å². The molecule has 0 spiro atoms.